The van der Waals surface area contributed by atoms with Crippen molar-refractivity contribution in [2.45, 2.75) is 106 Å². The van der Waals surface area contributed by atoms with Crippen LogP contribution < -0.4 is 10.6 Å². The molecule has 0 aromatic heterocycles. The molecule has 0 aromatic rings. The van der Waals surface area contributed by atoms with Crippen molar-refractivity contribution in [3.63, 3.8) is 0 Å². The Morgan fingerprint density at radius 3 is 1.77 bits per heavy atom. The molecule has 3 aliphatic rings. The number of rotatable bonds is 9. The number of aliphatic hydroxyl groups is 9. The summed E-state index contributed by atoms with van der Waals surface area (Å²) in [5.41, 5.74) is 0. The average Bonchev–Trinajstić information content (AvgIpc) is 2.90. The number of ether oxygens (including phenoxy) is 5. The molecule has 2 amide bonds. The first kappa shape index (κ1) is 32.9. The minimum atomic E-state index is -1.83. The van der Waals surface area contributed by atoms with E-state index in [4.69, 9.17) is 23.7 Å². The Bertz CT molecular complexity index is 852. The highest BCUT2D eigenvalue weighted by Gasteiger charge is 2.52. The fourth-order valence-corrected chi connectivity index (χ4v) is 4.76. The fourth-order valence-electron chi connectivity index (χ4n) is 4.76. The summed E-state index contributed by atoms with van der Waals surface area (Å²) in [5, 5.41) is 96.3. The number of carbonyl (C=O) groups is 2. The van der Waals surface area contributed by atoms with Crippen LogP contribution in [-0.2, 0) is 33.3 Å². The summed E-state index contributed by atoms with van der Waals surface area (Å²) in [4.78, 5) is 23.2. The van der Waals surface area contributed by atoms with Gasteiger partial charge in [0.05, 0.1) is 19.8 Å². The van der Waals surface area contributed by atoms with Crippen molar-refractivity contribution in [3.05, 3.63) is 0 Å². The molecule has 0 aromatic carbocycles. The van der Waals surface area contributed by atoms with Gasteiger partial charge in [-0.05, 0) is 0 Å². The van der Waals surface area contributed by atoms with Crippen LogP contribution in [0, 0.1) is 0 Å². The van der Waals surface area contributed by atoms with Gasteiger partial charge < -0.3 is 80.3 Å². The lowest BCUT2D eigenvalue weighted by atomic mass is 9.95. The van der Waals surface area contributed by atoms with Crippen LogP contribution in [0.5, 0.6) is 0 Å². The van der Waals surface area contributed by atoms with Gasteiger partial charge in [0.2, 0.25) is 11.8 Å². The maximum Gasteiger partial charge on any atom is 0.217 e. The molecule has 18 nitrogen and oxygen atoms in total. The Morgan fingerprint density at radius 2 is 1.20 bits per heavy atom. The third kappa shape index (κ3) is 7.23. The van der Waals surface area contributed by atoms with Gasteiger partial charge in [-0.25, -0.2) is 0 Å². The van der Waals surface area contributed by atoms with E-state index in [1.54, 1.807) is 0 Å². The third-order valence-corrected chi connectivity index (χ3v) is 6.88. The molecule has 232 valence electrons. The standard InChI is InChI=1S/C22H38N2O16/c1-6(27)23-11-15(31)14(30)10(37-20(11)35)5-36-21-12(24-7(2)28)16(32)19(9(4-26)39-21)40-22-18(34)17(33)13(29)8(3-25)38-22/h8-22,25-26,29-35H,3-5H2,1-2H3,(H,23,27)(H,24,28)/t8-,9-,10-,11-,12-,13+,14+,15-,16-,17+,18-,19+,20+,21-,22+/m1/s1. The van der Waals surface area contributed by atoms with Crippen LogP contribution in [0.1, 0.15) is 13.8 Å². The van der Waals surface area contributed by atoms with Crippen LogP contribution >= 0.6 is 0 Å². The second-order valence-electron chi connectivity index (χ2n) is 9.85. The summed E-state index contributed by atoms with van der Waals surface area (Å²) in [5.74, 6) is -1.24. The minimum absolute atomic E-state index is 0.564. The molecule has 3 rings (SSSR count). The molecule has 0 unspecified atom stereocenters. The summed E-state index contributed by atoms with van der Waals surface area (Å²) in [6.07, 6.45) is -20.8. The highest BCUT2D eigenvalue weighted by molar-refractivity contribution is 5.73. The fraction of sp³-hybridized carbons (Fsp3) is 0.909. The molecule has 11 N–H and O–H groups in total. The monoisotopic (exact) mass is 586 g/mol. The number of aliphatic hydroxyl groups excluding tert-OH is 9. The van der Waals surface area contributed by atoms with Gasteiger partial charge in [-0.1, -0.05) is 0 Å². The van der Waals surface area contributed by atoms with E-state index in [2.05, 4.69) is 10.6 Å². The Balaban J connectivity index is 1.73. The van der Waals surface area contributed by atoms with Crippen LogP contribution in [0.4, 0.5) is 0 Å². The van der Waals surface area contributed by atoms with Crippen LogP contribution in [0.25, 0.3) is 0 Å². The zero-order valence-electron chi connectivity index (χ0n) is 21.7. The summed E-state index contributed by atoms with van der Waals surface area (Å²) in [6.45, 7) is 0.168. The van der Waals surface area contributed by atoms with E-state index in [0.29, 0.717) is 0 Å². The molecule has 0 aliphatic carbocycles. The topological polar surface area (TPSA) is 286 Å². The zero-order valence-corrected chi connectivity index (χ0v) is 21.7. The van der Waals surface area contributed by atoms with Crippen molar-refractivity contribution in [1.29, 1.82) is 0 Å². The van der Waals surface area contributed by atoms with Crippen LogP contribution in [0.3, 0.4) is 0 Å². The molecule has 18 heteroatoms. The summed E-state index contributed by atoms with van der Waals surface area (Å²) in [6, 6.07) is -2.72. The molecule has 3 fully saturated rings. The number of carbonyl (C=O) groups excluding carboxylic acids is 2. The molecule has 0 spiro atoms. The van der Waals surface area contributed by atoms with E-state index < -0.39 is 124 Å². The minimum Gasteiger partial charge on any atom is -0.394 e. The lowest BCUT2D eigenvalue weighted by Crippen LogP contribution is -2.68. The molecule has 0 bridgehead atoms. The smallest absolute Gasteiger partial charge is 0.217 e. The van der Waals surface area contributed by atoms with Gasteiger partial charge in [0.25, 0.3) is 0 Å². The SMILES string of the molecule is CC(=O)N[C@@H]1[C@@H](O)[C@@H](O)[C@@H](CO[C@@H]2O[C@H](CO)[C@H](O[C@@H]3O[C@H](CO)[C@H](O)[C@H](O)[C@H]3O)[C@H](O)[C@H]2NC(C)=O)O[C@@H]1O. The van der Waals surface area contributed by atoms with Gasteiger partial charge in [-0.3, -0.25) is 9.59 Å². The molecule has 3 aliphatic heterocycles. The van der Waals surface area contributed by atoms with E-state index in [1.165, 1.54) is 0 Å². The third-order valence-electron chi connectivity index (χ3n) is 6.88. The quantitative estimate of drug-likeness (QED) is 0.120. The van der Waals surface area contributed by atoms with E-state index in [-0.39, 0.29) is 0 Å². The van der Waals surface area contributed by atoms with Crippen LogP contribution in [0.2, 0.25) is 0 Å². The van der Waals surface area contributed by atoms with Gasteiger partial charge in [0.15, 0.2) is 18.9 Å². The molecular weight excluding hydrogens is 548 g/mol. The second-order valence-corrected chi connectivity index (χ2v) is 9.85. The highest BCUT2D eigenvalue weighted by atomic mass is 16.7. The van der Waals surface area contributed by atoms with Crippen molar-refractivity contribution in [1.82, 2.24) is 10.6 Å². The second kappa shape index (κ2) is 14.0. The zero-order chi connectivity index (χ0) is 29.9. The lowest BCUT2D eigenvalue weighted by Gasteiger charge is -2.47. The van der Waals surface area contributed by atoms with E-state index in [0.717, 1.165) is 13.8 Å². The molecule has 0 radical (unpaired) electrons. The predicted molar refractivity (Wildman–Crippen MR) is 124 cm³/mol. The number of nitrogens with one attached hydrogen (secondary N) is 2. The van der Waals surface area contributed by atoms with Crippen LogP contribution in [0.15, 0.2) is 0 Å². The van der Waals surface area contributed by atoms with Crippen molar-refractivity contribution in [2.75, 3.05) is 19.8 Å². The van der Waals surface area contributed by atoms with Crippen molar-refractivity contribution in [3.8, 4) is 0 Å². The Labute approximate surface area is 228 Å². The Kier molecular flexibility index (Phi) is 11.5. The van der Waals surface area contributed by atoms with E-state index in [9.17, 15) is 55.5 Å². The lowest BCUT2D eigenvalue weighted by molar-refractivity contribution is -0.351. The first-order chi connectivity index (χ1) is 18.8. The molecule has 3 saturated heterocycles. The van der Waals surface area contributed by atoms with Gasteiger partial charge in [0, 0.05) is 13.8 Å². The summed E-state index contributed by atoms with van der Waals surface area (Å²) >= 11 is 0. The van der Waals surface area contributed by atoms with E-state index >= 15 is 0 Å². The van der Waals surface area contributed by atoms with E-state index in [1.807, 2.05) is 0 Å². The summed E-state index contributed by atoms with van der Waals surface area (Å²) in [7, 11) is 0. The van der Waals surface area contributed by atoms with Crippen molar-refractivity contribution in [2.24, 2.45) is 0 Å². The molecule has 0 saturated carbocycles. The van der Waals surface area contributed by atoms with Crippen LogP contribution in [-0.4, -0.2) is 170 Å². The maximum absolute atomic E-state index is 11.9. The highest BCUT2D eigenvalue weighted by Crippen LogP contribution is 2.30. The molecule has 15 atom stereocenters. The van der Waals surface area contributed by atoms with Gasteiger partial charge in [-0.2, -0.15) is 0 Å². The number of hydrogen-bond donors (Lipinski definition) is 11. The number of hydrogen-bond acceptors (Lipinski definition) is 16. The normalized spacial score (nSPS) is 46.0. The Hall–Kier alpha value is -1.62. The van der Waals surface area contributed by atoms with Crippen molar-refractivity contribution >= 4 is 11.8 Å². The molecule has 40 heavy (non-hydrogen) atoms. The first-order valence-corrected chi connectivity index (χ1v) is 12.6. The van der Waals surface area contributed by atoms with Gasteiger partial charge in [0.1, 0.15) is 73.1 Å². The molecular formula is C22H38N2O16. The predicted octanol–water partition coefficient (Wildman–Crippen LogP) is -7.29. The first-order valence-electron chi connectivity index (χ1n) is 12.6. The molecule has 3 heterocycles. The Morgan fingerprint density at radius 1 is 0.650 bits per heavy atom. The number of amides is 2. The summed E-state index contributed by atoms with van der Waals surface area (Å²) < 4.78 is 27.4. The maximum atomic E-state index is 11.9. The van der Waals surface area contributed by atoms with Crippen molar-refractivity contribution < 1.29 is 79.2 Å². The average molecular weight is 587 g/mol. The van der Waals surface area contributed by atoms with Gasteiger partial charge >= 0.3 is 0 Å². The van der Waals surface area contributed by atoms with Gasteiger partial charge in [-0.15, -0.1) is 0 Å². The largest absolute Gasteiger partial charge is 0.394 e.